The monoisotopic (exact) mass is 190 g/mol. The largest absolute Gasteiger partial charge is 0.295 e. The van der Waals surface area contributed by atoms with E-state index in [-0.39, 0.29) is 11.6 Å². The van der Waals surface area contributed by atoms with Crippen LogP contribution in [0.25, 0.3) is 0 Å². The van der Waals surface area contributed by atoms with E-state index in [1.54, 1.807) is 12.2 Å². The fourth-order valence-corrected chi connectivity index (χ4v) is 1.37. The first-order chi connectivity index (χ1) is 6.61. The average Bonchev–Trinajstić information content (AvgIpc) is 2.43. The van der Waals surface area contributed by atoms with E-state index in [2.05, 4.69) is 0 Å². The summed E-state index contributed by atoms with van der Waals surface area (Å²) >= 11 is 0. The molecule has 0 N–H and O–H groups in total. The normalized spacial score (nSPS) is 17.7. The topological polar surface area (TPSA) is 34.1 Å². The summed E-state index contributed by atoms with van der Waals surface area (Å²) in [5.41, 5.74) is 1.95. The Labute approximate surface area is 84.0 Å². The van der Waals surface area contributed by atoms with Crippen molar-refractivity contribution in [3.8, 4) is 0 Å². The van der Waals surface area contributed by atoms with E-state index in [1.807, 2.05) is 13.0 Å². The van der Waals surface area contributed by atoms with Gasteiger partial charge in [-0.1, -0.05) is 18.2 Å². The van der Waals surface area contributed by atoms with Crippen molar-refractivity contribution in [3.63, 3.8) is 0 Å². The SMILES string of the molecule is CC(=O)/C=C/C=C\C1=C(C)C(=O)CC1. The first kappa shape index (κ1) is 10.6. The van der Waals surface area contributed by atoms with Crippen LogP contribution in [0.2, 0.25) is 0 Å². The molecule has 0 heterocycles. The molecule has 2 heteroatoms. The molecule has 0 spiro atoms. The van der Waals surface area contributed by atoms with Crippen molar-refractivity contribution in [3.05, 3.63) is 35.5 Å². The second-order valence-electron chi connectivity index (χ2n) is 3.40. The third kappa shape index (κ3) is 2.80. The van der Waals surface area contributed by atoms with Crippen LogP contribution in [0, 0.1) is 0 Å². The lowest BCUT2D eigenvalue weighted by Gasteiger charge is -1.91. The number of allylic oxidation sites excluding steroid dienone is 6. The molecule has 0 radical (unpaired) electrons. The third-order valence-electron chi connectivity index (χ3n) is 2.26. The molecule has 1 aliphatic rings. The van der Waals surface area contributed by atoms with E-state index >= 15 is 0 Å². The van der Waals surface area contributed by atoms with Gasteiger partial charge >= 0.3 is 0 Å². The molecule has 0 saturated heterocycles. The predicted molar refractivity (Wildman–Crippen MR) is 55.9 cm³/mol. The van der Waals surface area contributed by atoms with Gasteiger partial charge in [0.05, 0.1) is 0 Å². The number of hydrogen-bond donors (Lipinski definition) is 0. The lowest BCUT2D eigenvalue weighted by molar-refractivity contribution is -0.115. The molecule has 0 saturated carbocycles. The molecule has 1 aliphatic carbocycles. The van der Waals surface area contributed by atoms with Crippen molar-refractivity contribution in [2.75, 3.05) is 0 Å². The molecule has 0 amide bonds. The molecule has 74 valence electrons. The summed E-state index contributed by atoms with van der Waals surface area (Å²) < 4.78 is 0. The first-order valence-electron chi connectivity index (χ1n) is 4.69. The van der Waals surface area contributed by atoms with Gasteiger partial charge in [-0.25, -0.2) is 0 Å². The maximum Gasteiger partial charge on any atom is 0.159 e. The van der Waals surface area contributed by atoms with Gasteiger partial charge in [0.2, 0.25) is 0 Å². The fraction of sp³-hybridized carbons (Fsp3) is 0.333. The minimum atomic E-state index is 0.0304. The number of hydrogen-bond acceptors (Lipinski definition) is 2. The van der Waals surface area contributed by atoms with E-state index in [1.165, 1.54) is 13.0 Å². The number of ketones is 2. The molecule has 14 heavy (non-hydrogen) atoms. The van der Waals surface area contributed by atoms with Crippen LogP contribution >= 0.6 is 0 Å². The van der Waals surface area contributed by atoms with Gasteiger partial charge in [0, 0.05) is 6.42 Å². The van der Waals surface area contributed by atoms with Crippen LogP contribution < -0.4 is 0 Å². The Morgan fingerprint density at radius 1 is 1.29 bits per heavy atom. The van der Waals surface area contributed by atoms with Gasteiger partial charge in [-0.15, -0.1) is 0 Å². The van der Waals surface area contributed by atoms with E-state index in [0.29, 0.717) is 6.42 Å². The van der Waals surface area contributed by atoms with Gasteiger partial charge in [0.25, 0.3) is 0 Å². The lowest BCUT2D eigenvalue weighted by Crippen LogP contribution is -1.89. The van der Waals surface area contributed by atoms with Crippen molar-refractivity contribution in [2.45, 2.75) is 26.7 Å². The van der Waals surface area contributed by atoms with Crippen molar-refractivity contribution in [1.82, 2.24) is 0 Å². The van der Waals surface area contributed by atoms with Crippen LogP contribution in [-0.4, -0.2) is 11.6 Å². The minimum absolute atomic E-state index is 0.0304. The van der Waals surface area contributed by atoms with Crippen LogP contribution in [0.1, 0.15) is 26.7 Å². The average molecular weight is 190 g/mol. The highest BCUT2D eigenvalue weighted by Crippen LogP contribution is 2.23. The van der Waals surface area contributed by atoms with E-state index in [9.17, 15) is 9.59 Å². The van der Waals surface area contributed by atoms with E-state index in [4.69, 9.17) is 0 Å². The van der Waals surface area contributed by atoms with E-state index in [0.717, 1.165) is 17.6 Å². The minimum Gasteiger partial charge on any atom is -0.295 e. The first-order valence-corrected chi connectivity index (χ1v) is 4.69. The molecule has 2 nitrogen and oxygen atoms in total. The van der Waals surface area contributed by atoms with Crippen LogP contribution in [0.15, 0.2) is 35.5 Å². The summed E-state index contributed by atoms with van der Waals surface area (Å²) in [7, 11) is 0. The smallest absolute Gasteiger partial charge is 0.159 e. The summed E-state index contributed by atoms with van der Waals surface area (Å²) in [4.78, 5) is 21.7. The molecule has 0 fully saturated rings. The third-order valence-corrected chi connectivity index (χ3v) is 2.26. The maximum atomic E-state index is 11.2. The van der Waals surface area contributed by atoms with Crippen molar-refractivity contribution < 1.29 is 9.59 Å². The Bertz CT molecular complexity index is 343. The Morgan fingerprint density at radius 2 is 2.00 bits per heavy atom. The van der Waals surface area contributed by atoms with Crippen molar-refractivity contribution in [1.29, 1.82) is 0 Å². The number of carbonyl (C=O) groups excluding carboxylic acids is 2. The van der Waals surface area contributed by atoms with E-state index < -0.39 is 0 Å². The summed E-state index contributed by atoms with van der Waals surface area (Å²) in [5.74, 6) is 0.267. The highest BCUT2D eigenvalue weighted by atomic mass is 16.1. The quantitative estimate of drug-likeness (QED) is 0.505. The molecule has 0 aromatic rings. The van der Waals surface area contributed by atoms with Gasteiger partial charge in [-0.2, -0.15) is 0 Å². The highest BCUT2D eigenvalue weighted by Gasteiger charge is 2.16. The Morgan fingerprint density at radius 3 is 2.50 bits per heavy atom. The molecule has 1 rings (SSSR count). The molecule has 0 aromatic heterocycles. The predicted octanol–water partition coefficient (Wildman–Crippen LogP) is 2.37. The number of Topliss-reactive ketones (excluding diaryl/α,β-unsaturated/α-hetero) is 1. The zero-order chi connectivity index (χ0) is 10.6. The van der Waals surface area contributed by atoms with Crippen LogP contribution in [0.3, 0.4) is 0 Å². The number of carbonyl (C=O) groups is 2. The lowest BCUT2D eigenvalue weighted by atomic mass is 10.1. The van der Waals surface area contributed by atoms with Gasteiger partial charge in [-0.3, -0.25) is 9.59 Å². The highest BCUT2D eigenvalue weighted by molar-refractivity contribution is 5.98. The summed E-state index contributed by atoms with van der Waals surface area (Å²) in [6.45, 7) is 3.36. The Kier molecular flexibility index (Phi) is 3.57. The summed E-state index contributed by atoms with van der Waals surface area (Å²) in [6, 6.07) is 0. The molecule has 0 atom stereocenters. The van der Waals surface area contributed by atoms with Gasteiger partial charge in [-0.05, 0) is 37.5 Å². The Hall–Kier alpha value is -1.44. The Balaban J connectivity index is 2.61. The number of rotatable bonds is 3. The summed E-state index contributed by atoms with van der Waals surface area (Å²) in [6.07, 6.45) is 8.37. The van der Waals surface area contributed by atoms with Crippen molar-refractivity contribution in [2.24, 2.45) is 0 Å². The summed E-state index contributed by atoms with van der Waals surface area (Å²) in [5, 5.41) is 0. The molecule has 0 aliphatic heterocycles. The van der Waals surface area contributed by atoms with Gasteiger partial charge in [0.1, 0.15) is 0 Å². The standard InChI is InChI=1S/C12H14O2/c1-9(13)5-3-4-6-11-7-8-12(14)10(11)2/h3-6H,7-8H2,1-2H3/b5-3+,6-4-. The van der Waals surface area contributed by atoms with Crippen LogP contribution in [-0.2, 0) is 9.59 Å². The van der Waals surface area contributed by atoms with Crippen LogP contribution in [0.4, 0.5) is 0 Å². The molecular weight excluding hydrogens is 176 g/mol. The fourth-order valence-electron chi connectivity index (χ4n) is 1.37. The van der Waals surface area contributed by atoms with Gasteiger partial charge < -0.3 is 0 Å². The van der Waals surface area contributed by atoms with Crippen LogP contribution in [0.5, 0.6) is 0 Å². The van der Waals surface area contributed by atoms with Gasteiger partial charge in [0.15, 0.2) is 11.6 Å². The molecule has 0 unspecified atom stereocenters. The zero-order valence-electron chi connectivity index (χ0n) is 8.54. The molecular formula is C12H14O2. The second kappa shape index (κ2) is 4.70. The molecule has 0 bridgehead atoms. The molecule has 0 aromatic carbocycles. The second-order valence-corrected chi connectivity index (χ2v) is 3.40. The zero-order valence-corrected chi connectivity index (χ0v) is 8.54. The maximum absolute atomic E-state index is 11.2. The van der Waals surface area contributed by atoms with Crippen molar-refractivity contribution >= 4 is 11.6 Å².